The summed E-state index contributed by atoms with van der Waals surface area (Å²) < 4.78 is 9.04. The van der Waals surface area contributed by atoms with E-state index in [-0.39, 0.29) is 0 Å². The molecule has 0 saturated carbocycles. The highest BCUT2D eigenvalue weighted by Crippen LogP contribution is 2.47. The molecule has 1 nitrogen and oxygen atoms in total. The molecule has 270 valence electrons. The zero-order valence-corrected chi connectivity index (χ0v) is 32.4. The van der Waals surface area contributed by atoms with E-state index in [0.717, 1.165) is 24.0 Å². The lowest BCUT2D eigenvalue weighted by atomic mass is 9.83. The molecule has 10 aromatic carbocycles. The summed E-state index contributed by atoms with van der Waals surface area (Å²) >= 11 is 1.88. The monoisotopic (exact) mass is 754 g/mol. The molecule has 0 N–H and O–H groups in total. The van der Waals surface area contributed by atoms with Gasteiger partial charge in [-0.2, -0.15) is 0 Å². The summed E-state index contributed by atoms with van der Waals surface area (Å²) in [5.74, 6) is 0. The lowest BCUT2D eigenvalue weighted by Gasteiger charge is -2.21. The van der Waals surface area contributed by atoms with Gasteiger partial charge in [-0.15, -0.1) is 11.3 Å². The van der Waals surface area contributed by atoms with Gasteiger partial charge in [0.2, 0.25) is 0 Å². The van der Waals surface area contributed by atoms with Crippen LogP contribution in [0.3, 0.4) is 0 Å². The quantitative estimate of drug-likeness (QED) is 0.164. The molecule has 0 radical (unpaired) electrons. The van der Waals surface area contributed by atoms with Crippen LogP contribution in [0.4, 0.5) is 0 Å². The molecule has 12 aromatic rings. The Balaban J connectivity index is 0.914. The third-order valence-corrected chi connectivity index (χ3v) is 13.9. The fraction of sp³-hybridized carbons (Fsp3) is 0.0357. The first-order valence-corrected chi connectivity index (χ1v) is 21.0. The van der Waals surface area contributed by atoms with Gasteiger partial charge < -0.3 is 4.42 Å². The standard InChI is InChI=1S/C56H34OS/c1-2-12-40-33(10-1)11-9-18-42(40)55-45-16-5-3-14-43(45)54(44-15-4-6-17-46(44)55)39-23-22-34-28-35(20-21-36(34)29-39)37-25-27-52-49(30-37)50-31-38-24-26-47-41-13-7-8-19-51(41)57-56(47)48(38)32-53(50)58-52/h1-19,22-32H,20-21H2. The summed E-state index contributed by atoms with van der Waals surface area (Å²) in [6.07, 6.45) is 4.46. The van der Waals surface area contributed by atoms with Crippen molar-refractivity contribution >= 4 is 108 Å². The molecule has 2 heteroatoms. The first kappa shape index (κ1) is 32.1. The Morgan fingerprint density at radius 1 is 0.397 bits per heavy atom. The summed E-state index contributed by atoms with van der Waals surface area (Å²) in [7, 11) is 0. The zero-order valence-electron chi connectivity index (χ0n) is 31.6. The second kappa shape index (κ2) is 12.2. The number of aryl methyl sites for hydroxylation is 1. The number of fused-ring (bicyclic) bond motifs is 12. The molecular weight excluding hydrogens is 721 g/mol. The van der Waals surface area contributed by atoms with E-state index in [4.69, 9.17) is 4.42 Å². The Kier molecular flexibility index (Phi) is 6.78. The molecule has 1 aliphatic rings. The summed E-state index contributed by atoms with van der Waals surface area (Å²) in [4.78, 5) is 0. The lowest BCUT2D eigenvalue weighted by molar-refractivity contribution is 0.673. The summed E-state index contributed by atoms with van der Waals surface area (Å²) in [6.45, 7) is 0. The highest BCUT2D eigenvalue weighted by atomic mass is 32.1. The van der Waals surface area contributed by atoms with Gasteiger partial charge in [0.05, 0.1) is 0 Å². The number of rotatable bonds is 3. The van der Waals surface area contributed by atoms with Crippen molar-refractivity contribution in [3.8, 4) is 22.3 Å². The van der Waals surface area contributed by atoms with Gasteiger partial charge >= 0.3 is 0 Å². The van der Waals surface area contributed by atoms with E-state index in [0.29, 0.717) is 0 Å². The number of para-hydroxylation sites is 1. The topological polar surface area (TPSA) is 13.1 Å². The molecular formula is C56H34OS. The fourth-order valence-corrected chi connectivity index (χ4v) is 11.1. The first-order chi connectivity index (χ1) is 28.7. The molecule has 2 aromatic heterocycles. The molecule has 0 saturated heterocycles. The van der Waals surface area contributed by atoms with Crippen LogP contribution in [0.25, 0.3) is 119 Å². The normalized spacial score (nSPS) is 13.1. The summed E-state index contributed by atoms with van der Waals surface area (Å²) in [5, 5.41) is 15.1. The van der Waals surface area contributed by atoms with Gasteiger partial charge in [0, 0.05) is 36.3 Å². The van der Waals surface area contributed by atoms with Crippen molar-refractivity contribution < 1.29 is 4.42 Å². The van der Waals surface area contributed by atoms with Crippen LogP contribution in [0.1, 0.15) is 23.1 Å². The lowest BCUT2D eigenvalue weighted by Crippen LogP contribution is -2.00. The first-order valence-electron chi connectivity index (χ1n) is 20.2. The second-order valence-corrected chi connectivity index (χ2v) is 17.0. The van der Waals surface area contributed by atoms with Gasteiger partial charge in [0.1, 0.15) is 11.2 Å². The van der Waals surface area contributed by atoms with E-state index in [1.54, 1.807) is 0 Å². The van der Waals surface area contributed by atoms with E-state index in [2.05, 4.69) is 176 Å². The van der Waals surface area contributed by atoms with Crippen molar-refractivity contribution in [3.05, 3.63) is 193 Å². The van der Waals surface area contributed by atoms with E-state index in [1.165, 1.54) is 119 Å². The third kappa shape index (κ3) is 4.70. The minimum Gasteiger partial charge on any atom is -0.455 e. The molecule has 0 amide bonds. The van der Waals surface area contributed by atoms with Crippen LogP contribution in [-0.2, 0) is 6.42 Å². The minimum absolute atomic E-state index is 0.943. The van der Waals surface area contributed by atoms with Gasteiger partial charge in [-0.1, -0.05) is 146 Å². The van der Waals surface area contributed by atoms with Crippen LogP contribution in [0.5, 0.6) is 0 Å². The van der Waals surface area contributed by atoms with E-state index in [1.807, 2.05) is 17.4 Å². The summed E-state index contributed by atoms with van der Waals surface area (Å²) in [5.41, 5.74) is 12.6. The van der Waals surface area contributed by atoms with Gasteiger partial charge in [-0.25, -0.2) is 0 Å². The average molecular weight is 755 g/mol. The average Bonchev–Trinajstić information content (AvgIpc) is 3.85. The van der Waals surface area contributed by atoms with E-state index < -0.39 is 0 Å². The van der Waals surface area contributed by atoms with Crippen LogP contribution < -0.4 is 0 Å². The fourth-order valence-electron chi connectivity index (χ4n) is 10.0. The number of benzene rings is 10. The number of furan rings is 1. The molecule has 0 aliphatic heterocycles. The maximum atomic E-state index is 6.42. The maximum Gasteiger partial charge on any atom is 0.143 e. The molecule has 0 spiro atoms. The predicted molar refractivity (Wildman–Crippen MR) is 250 cm³/mol. The molecule has 13 rings (SSSR count). The van der Waals surface area contributed by atoms with Gasteiger partial charge in [-0.05, 0) is 131 Å². The third-order valence-electron chi connectivity index (χ3n) is 12.7. The van der Waals surface area contributed by atoms with E-state index >= 15 is 0 Å². The number of hydrogen-bond donors (Lipinski definition) is 0. The molecule has 2 heterocycles. The summed E-state index contributed by atoms with van der Waals surface area (Å²) in [6, 6.07) is 65.3. The largest absolute Gasteiger partial charge is 0.455 e. The van der Waals surface area contributed by atoms with Crippen LogP contribution in [0, 0.1) is 0 Å². The van der Waals surface area contributed by atoms with Crippen molar-refractivity contribution in [2.75, 3.05) is 0 Å². The van der Waals surface area contributed by atoms with Gasteiger partial charge in [-0.3, -0.25) is 0 Å². The van der Waals surface area contributed by atoms with Crippen LogP contribution in [0.2, 0.25) is 0 Å². The molecule has 0 bridgehead atoms. The van der Waals surface area contributed by atoms with Crippen molar-refractivity contribution in [3.63, 3.8) is 0 Å². The smallest absolute Gasteiger partial charge is 0.143 e. The molecule has 0 atom stereocenters. The number of hydrogen-bond acceptors (Lipinski definition) is 2. The van der Waals surface area contributed by atoms with E-state index in [9.17, 15) is 0 Å². The Bertz CT molecular complexity index is 3680. The minimum atomic E-state index is 0.943. The van der Waals surface area contributed by atoms with Crippen molar-refractivity contribution in [1.82, 2.24) is 0 Å². The number of allylic oxidation sites excluding steroid dienone is 1. The molecule has 0 fully saturated rings. The molecule has 0 unspecified atom stereocenters. The van der Waals surface area contributed by atoms with Gasteiger partial charge in [0.15, 0.2) is 0 Å². The highest BCUT2D eigenvalue weighted by Gasteiger charge is 2.20. The van der Waals surface area contributed by atoms with Crippen LogP contribution in [0.15, 0.2) is 180 Å². The Hall–Kier alpha value is -7.00. The molecule has 58 heavy (non-hydrogen) atoms. The highest BCUT2D eigenvalue weighted by molar-refractivity contribution is 7.25. The Morgan fingerprint density at radius 2 is 1.09 bits per heavy atom. The zero-order chi connectivity index (χ0) is 37.9. The van der Waals surface area contributed by atoms with Crippen molar-refractivity contribution in [2.45, 2.75) is 12.8 Å². The van der Waals surface area contributed by atoms with Crippen molar-refractivity contribution in [1.29, 1.82) is 0 Å². The van der Waals surface area contributed by atoms with Crippen molar-refractivity contribution in [2.24, 2.45) is 0 Å². The van der Waals surface area contributed by atoms with Gasteiger partial charge in [0.25, 0.3) is 0 Å². The van der Waals surface area contributed by atoms with Crippen LogP contribution >= 0.6 is 11.3 Å². The second-order valence-electron chi connectivity index (χ2n) is 15.9. The maximum absolute atomic E-state index is 6.42. The Labute approximate surface area is 338 Å². The predicted octanol–water partition coefficient (Wildman–Crippen LogP) is 16.4. The number of thiophene rings is 1. The SMILES string of the molecule is C1=C(c2ccc3sc4cc5c(ccc6c7ccccc7oc56)cc4c3c2)CCc2cc(-c3c4ccccc4c(-c4cccc5ccccc45)c4ccccc34)ccc21. The molecule has 1 aliphatic carbocycles. The Morgan fingerprint density at radius 3 is 1.91 bits per heavy atom. The van der Waals surface area contributed by atoms with Crippen LogP contribution in [-0.4, -0.2) is 0 Å².